The largest absolute Gasteiger partial charge is 1.00 e. The molecule has 0 amide bonds. The Hall–Kier alpha value is 0.320. The molecule has 102 valence electrons. The van der Waals surface area contributed by atoms with Crippen molar-refractivity contribution in [2.24, 2.45) is 0 Å². The molecule has 2 rings (SSSR count). The van der Waals surface area contributed by atoms with Gasteiger partial charge in [-0.2, -0.15) is 0 Å². The summed E-state index contributed by atoms with van der Waals surface area (Å²) < 4.78 is 66.8. The first-order valence-electron chi connectivity index (χ1n) is 4.85. The van der Waals surface area contributed by atoms with Crippen LogP contribution in [0.4, 0.5) is 5.69 Å². The van der Waals surface area contributed by atoms with Gasteiger partial charge in [0, 0.05) is 16.5 Å². The molecule has 0 fully saturated rings. The van der Waals surface area contributed by atoms with Crippen molar-refractivity contribution in [1.82, 2.24) is 0 Å². The third-order valence-electron chi connectivity index (χ3n) is 2.53. The van der Waals surface area contributed by atoms with Crippen LogP contribution >= 0.6 is 0 Å². The quantitative estimate of drug-likeness (QED) is 0.324. The predicted octanol–water partition coefficient (Wildman–Crippen LogP) is -5.76. The topological polar surface area (TPSA) is 140 Å². The van der Waals surface area contributed by atoms with Gasteiger partial charge in [-0.05, 0) is 12.1 Å². The van der Waals surface area contributed by atoms with Crippen LogP contribution in [0.3, 0.4) is 0 Å². The molecule has 7 nitrogen and oxygen atoms in total. The maximum absolute atomic E-state index is 11.2. The average molecular weight is 347 g/mol. The van der Waals surface area contributed by atoms with Crippen LogP contribution < -0.4 is 64.8 Å². The Labute approximate surface area is 166 Å². The summed E-state index contributed by atoms with van der Waals surface area (Å²) in [6.45, 7) is 0. The zero-order valence-corrected chi connectivity index (χ0v) is 16.9. The first kappa shape index (κ1) is 21.3. The Morgan fingerprint density at radius 1 is 0.810 bits per heavy atom. The monoisotopic (exact) mass is 347 g/mol. The molecule has 0 radical (unpaired) electrons. The van der Waals surface area contributed by atoms with E-state index >= 15 is 0 Å². The molecule has 0 aliphatic heterocycles. The fourth-order valence-corrected chi connectivity index (χ4v) is 3.74. The molecule has 0 aliphatic carbocycles. The van der Waals surface area contributed by atoms with Crippen LogP contribution in [0.5, 0.6) is 0 Å². The van der Waals surface area contributed by atoms with Crippen molar-refractivity contribution < 1.29 is 85.1 Å². The second-order valence-corrected chi connectivity index (χ2v) is 6.41. The Kier molecular flexibility index (Phi) is 7.37. The summed E-state index contributed by atoms with van der Waals surface area (Å²) in [5.41, 5.74) is 5.77. The molecule has 0 spiro atoms. The molecule has 0 atom stereocenters. The first-order chi connectivity index (χ1) is 8.62. The van der Waals surface area contributed by atoms with Crippen molar-refractivity contribution >= 4 is 36.7 Å². The van der Waals surface area contributed by atoms with Crippen LogP contribution in [-0.2, 0) is 20.2 Å². The van der Waals surface area contributed by atoms with E-state index in [1.165, 1.54) is 24.3 Å². The molecule has 0 aromatic heterocycles. The van der Waals surface area contributed by atoms with E-state index in [4.69, 9.17) is 5.73 Å². The molecule has 11 heteroatoms. The van der Waals surface area contributed by atoms with Gasteiger partial charge < -0.3 is 14.8 Å². The fourth-order valence-electron chi connectivity index (χ4n) is 1.79. The summed E-state index contributed by atoms with van der Waals surface area (Å²) in [5, 5.41) is -0.00347. The van der Waals surface area contributed by atoms with Gasteiger partial charge in [0.2, 0.25) is 0 Å². The van der Waals surface area contributed by atoms with Gasteiger partial charge in [0.25, 0.3) is 0 Å². The molecule has 2 N–H and O–H groups in total. The van der Waals surface area contributed by atoms with Crippen molar-refractivity contribution in [3.63, 3.8) is 0 Å². The van der Waals surface area contributed by atoms with Gasteiger partial charge >= 0.3 is 59.1 Å². The molecular weight excluding hydrogens is 340 g/mol. The minimum absolute atomic E-state index is 0. The normalized spacial score (nSPS) is 11.5. The molecule has 2 aromatic carbocycles. The molecule has 0 bridgehead atoms. The van der Waals surface area contributed by atoms with E-state index in [0.29, 0.717) is 0 Å². The number of rotatable bonds is 2. The van der Waals surface area contributed by atoms with Crippen LogP contribution in [0.2, 0.25) is 0 Å². The Bertz CT molecular complexity index is 880. The van der Waals surface area contributed by atoms with Crippen LogP contribution in [0, 0.1) is 0 Å². The van der Waals surface area contributed by atoms with E-state index in [0.717, 1.165) is 6.07 Å². The predicted molar refractivity (Wildman–Crippen MR) is 64.3 cm³/mol. The van der Waals surface area contributed by atoms with Crippen molar-refractivity contribution in [2.45, 2.75) is 9.79 Å². The maximum atomic E-state index is 11.2. The van der Waals surface area contributed by atoms with Gasteiger partial charge in [0.1, 0.15) is 20.2 Å². The number of benzene rings is 2. The molecule has 0 aliphatic rings. The van der Waals surface area contributed by atoms with Crippen LogP contribution in [-0.4, -0.2) is 25.9 Å². The van der Waals surface area contributed by atoms with Crippen molar-refractivity contribution in [1.29, 1.82) is 0 Å². The summed E-state index contributed by atoms with van der Waals surface area (Å²) in [6, 6.07) is 5.98. The van der Waals surface area contributed by atoms with Crippen LogP contribution in [0.1, 0.15) is 0 Å². The average Bonchev–Trinajstić information content (AvgIpc) is 2.25. The second-order valence-electron chi connectivity index (χ2n) is 3.74. The van der Waals surface area contributed by atoms with Gasteiger partial charge in [-0.1, -0.05) is 18.2 Å². The summed E-state index contributed by atoms with van der Waals surface area (Å²) in [5.74, 6) is 0. The zero-order valence-electron chi connectivity index (χ0n) is 11.2. The van der Waals surface area contributed by atoms with E-state index in [1.807, 2.05) is 0 Å². The molecule has 0 saturated heterocycles. The second kappa shape index (κ2) is 7.26. The third-order valence-corrected chi connectivity index (χ3v) is 4.48. The van der Waals surface area contributed by atoms with E-state index in [9.17, 15) is 25.9 Å². The van der Waals surface area contributed by atoms with E-state index < -0.39 is 30.0 Å². The smallest absolute Gasteiger partial charge is 0.744 e. The number of nitrogens with two attached hydrogens (primary N) is 1. The maximum Gasteiger partial charge on any atom is 1.00 e. The number of fused-ring (bicyclic) bond motifs is 1. The van der Waals surface area contributed by atoms with E-state index in [-0.39, 0.29) is 75.6 Å². The number of anilines is 1. The molecule has 0 heterocycles. The third kappa shape index (κ3) is 4.41. The van der Waals surface area contributed by atoms with Gasteiger partial charge in [0.05, 0.1) is 9.79 Å². The van der Waals surface area contributed by atoms with Crippen molar-refractivity contribution in [3.05, 3.63) is 30.3 Å². The minimum Gasteiger partial charge on any atom is -0.744 e. The fraction of sp³-hybridized carbons (Fsp3) is 0. The minimum atomic E-state index is -5.14. The molecule has 0 unspecified atom stereocenters. The Morgan fingerprint density at radius 2 is 1.38 bits per heavy atom. The standard InChI is InChI=1S/C10H9NO6S2.2Na/c11-8-3-1-2-7-6(8)4-5-9(18(12,13)14)10(7)19(15,16)17;;/h1-5H,11H2,(H,12,13,14)(H,15,16,17);;/q;2*+1/p-2. The number of hydrogen-bond acceptors (Lipinski definition) is 7. The first-order valence-corrected chi connectivity index (χ1v) is 7.67. The summed E-state index contributed by atoms with van der Waals surface area (Å²) in [4.78, 5) is -2.13. The summed E-state index contributed by atoms with van der Waals surface area (Å²) in [6.07, 6.45) is 0. The van der Waals surface area contributed by atoms with Crippen molar-refractivity contribution in [3.8, 4) is 0 Å². The van der Waals surface area contributed by atoms with E-state index in [1.54, 1.807) is 0 Å². The molecule has 21 heavy (non-hydrogen) atoms. The van der Waals surface area contributed by atoms with E-state index in [2.05, 4.69) is 0 Å². The van der Waals surface area contributed by atoms with Crippen LogP contribution in [0.25, 0.3) is 10.8 Å². The number of hydrogen-bond donors (Lipinski definition) is 1. The zero-order chi connectivity index (χ0) is 14.4. The van der Waals surface area contributed by atoms with Gasteiger partial charge in [-0.3, -0.25) is 0 Å². The van der Waals surface area contributed by atoms with Gasteiger partial charge in [0.15, 0.2) is 0 Å². The van der Waals surface area contributed by atoms with Gasteiger partial charge in [-0.15, -0.1) is 0 Å². The Balaban J connectivity index is 0.00000200. The SMILES string of the molecule is Nc1cccc2c(S(=O)(=O)[O-])c(S(=O)(=O)[O-])ccc12.[Na+].[Na+]. The molecule has 0 saturated carbocycles. The molecular formula is C10H7NNa2O6S2. The van der Waals surface area contributed by atoms with Crippen LogP contribution in [0.15, 0.2) is 40.1 Å². The number of nitrogen functional groups attached to an aromatic ring is 1. The van der Waals surface area contributed by atoms with Crippen molar-refractivity contribution in [2.75, 3.05) is 5.73 Å². The Morgan fingerprint density at radius 3 is 1.86 bits per heavy atom. The summed E-state index contributed by atoms with van der Waals surface area (Å²) >= 11 is 0. The summed E-state index contributed by atoms with van der Waals surface area (Å²) in [7, 11) is -10.2. The van der Waals surface area contributed by atoms with Gasteiger partial charge in [-0.25, -0.2) is 16.8 Å². The molecule has 2 aromatic rings.